The van der Waals surface area contributed by atoms with Gasteiger partial charge in [0.1, 0.15) is 0 Å². The zero-order chi connectivity index (χ0) is 12.0. The van der Waals surface area contributed by atoms with E-state index in [4.69, 9.17) is 9.47 Å². The van der Waals surface area contributed by atoms with Gasteiger partial charge in [-0.25, -0.2) is 0 Å². The molecule has 0 spiro atoms. The molecule has 1 fully saturated rings. The predicted octanol–water partition coefficient (Wildman–Crippen LogP) is 3.50. The summed E-state index contributed by atoms with van der Waals surface area (Å²) in [6.45, 7) is 6.33. The van der Waals surface area contributed by atoms with Crippen LogP contribution in [-0.4, -0.2) is 27.4 Å². The Labute approximate surface area is 101 Å². The van der Waals surface area contributed by atoms with Gasteiger partial charge in [-0.15, -0.1) is 0 Å². The molecule has 1 rings (SSSR count). The third kappa shape index (κ3) is 2.78. The number of hydrogen-bond donors (Lipinski definition) is 0. The number of methoxy groups -OCH3 is 2. The summed E-state index contributed by atoms with van der Waals surface area (Å²) in [7, 11) is 3.64. The lowest BCUT2D eigenvalue weighted by molar-refractivity contribution is -0.0651. The minimum atomic E-state index is 0.245. The fraction of sp³-hybridized carbons (Fsp3) is 1.00. The Hall–Kier alpha value is -0.0800. The second-order valence-electron chi connectivity index (χ2n) is 5.39. The van der Waals surface area contributed by atoms with Gasteiger partial charge >= 0.3 is 0 Å². The van der Waals surface area contributed by atoms with Gasteiger partial charge in [-0.05, 0) is 24.7 Å². The van der Waals surface area contributed by atoms with Crippen molar-refractivity contribution in [2.45, 2.75) is 46.0 Å². The summed E-state index contributed by atoms with van der Waals surface area (Å²) < 4.78 is 11.0. The molecule has 0 aliphatic heterocycles. The van der Waals surface area contributed by atoms with Crippen molar-refractivity contribution in [3.8, 4) is 0 Å². The molecule has 0 radical (unpaired) electrons. The zero-order valence-electron chi connectivity index (χ0n) is 11.4. The Bertz CT molecular complexity index is 179. The van der Waals surface area contributed by atoms with Crippen LogP contribution in [0.25, 0.3) is 0 Å². The fourth-order valence-corrected chi connectivity index (χ4v) is 3.41. The van der Waals surface area contributed by atoms with Gasteiger partial charge in [0, 0.05) is 19.6 Å². The van der Waals surface area contributed by atoms with Gasteiger partial charge < -0.3 is 9.47 Å². The van der Waals surface area contributed by atoms with E-state index in [0.717, 1.165) is 19.1 Å². The third-order valence-corrected chi connectivity index (χ3v) is 4.59. The highest BCUT2D eigenvalue weighted by molar-refractivity contribution is 4.92. The highest BCUT2D eigenvalue weighted by atomic mass is 16.5. The summed E-state index contributed by atoms with van der Waals surface area (Å²) in [5, 5.41) is 0. The van der Waals surface area contributed by atoms with Crippen molar-refractivity contribution in [2.75, 3.05) is 27.4 Å². The Kier molecular flexibility index (Phi) is 5.77. The Morgan fingerprint density at radius 3 is 2.00 bits per heavy atom. The van der Waals surface area contributed by atoms with E-state index < -0.39 is 0 Å². The summed E-state index contributed by atoms with van der Waals surface area (Å²) in [4.78, 5) is 0. The molecule has 1 aliphatic rings. The second kappa shape index (κ2) is 6.61. The van der Waals surface area contributed by atoms with E-state index in [1.807, 2.05) is 14.2 Å². The monoisotopic (exact) mass is 228 g/mol. The molecule has 1 saturated carbocycles. The molecule has 1 atom stereocenters. The maximum Gasteiger partial charge on any atom is 0.0545 e. The van der Waals surface area contributed by atoms with Crippen molar-refractivity contribution in [1.82, 2.24) is 0 Å². The van der Waals surface area contributed by atoms with Gasteiger partial charge in [0.15, 0.2) is 0 Å². The summed E-state index contributed by atoms with van der Waals surface area (Å²) in [6, 6.07) is 0. The second-order valence-corrected chi connectivity index (χ2v) is 5.39. The molecule has 2 heteroatoms. The Morgan fingerprint density at radius 1 is 1.12 bits per heavy atom. The summed E-state index contributed by atoms with van der Waals surface area (Å²) >= 11 is 0. The van der Waals surface area contributed by atoms with Gasteiger partial charge in [-0.3, -0.25) is 0 Å². The first-order valence-corrected chi connectivity index (χ1v) is 6.69. The summed E-state index contributed by atoms with van der Waals surface area (Å²) in [6.07, 6.45) is 6.70. The molecule has 2 nitrogen and oxygen atoms in total. The van der Waals surface area contributed by atoms with Crippen molar-refractivity contribution in [3.05, 3.63) is 0 Å². The molecular formula is C14H28O2. The predicted molar refractivity (Wildman–Crippen MR) is 67.6 cm³/mol. The van der Waals surface area contributed by atoms with Gasteiger partial charge in [-0.2, -0.15) is 0 Å². The van der Waals surface area contributed by atoms with E-state index in [1.54, 1.807) is 0 Å². The lowest BCUT2D eigenvalue weighted by Crippen LogP contribution is -2.43. The summed E-state index contributed by atoms with van der Waals surface area (Å²) in [5.41, 5.74) is 0.245. The topological polar surface area (TPSA) is 18.5 Å². The zero-order valence-corrected chi connectivity index (χ0v) is 11.4. The molecule has 0 amide bonds. The lowest BCUT2D eigenvalue weighted by atomic mass is 9.66. The van der Waals surface area contributed by atoms with Crippen LogP contribution in [0.5, 0.6) is 0 Å². The normalized spacial score (nSPS) is 20.2. The lowest BCUT2D eigenvalue weighted by Gasteiger charge is -2.43. The highest BCUT2D eigenvalue weighted by Gasteiger charge is 2.43. The van der Waals surface area contributed by atoms with Crippen molar-refractivity contribution < 1.29 is 9.47 Å². The molecule has 0 aromatic rings. The first-order chi connectivity index (χ1) is 7.71. The van der Waals surface area contributed by atoms with Crippen LogP contribution in [-0.2, 0) is 9.47 Å². The Balaban J connectivity index is 2.84. The van der Waals surface area contributed by atoms with E-state index in [1.165, 1.54) is 32.1 Å². The first kappa shape index (κ1) is 14.0. The van der Waals surface area contributed by atoms with Crippen molar-refractivity contribution >= 4 is 0 Å². The molecule has 0 heterocycles. The van der Waals surface area contributed by atoms with E-state index in [-0.39, 0.29) is 5.41 Å². The first-order valence-electron chi connectivity index (χ1n) is 6.69. The number of hydrogen-bond acceptors (Lipinski definition) is 2. The average molecular weight is 228 g/mol. The SMILES string of the molecule is CCC(C)C(COC)(COC)C1CCCC1. The quantitative estimate of drug-likeness (QED) is 0.664. The van der Waals surface area contributed by atoms with Gasteiger partial charge in [0.25, 0.3) is 0 Å². The standard InChI is InChI=1S/C14H28O2/c1-5-12(2)14(10-15-3,11-16-4)13-8-6-7-9-13/h12-13H,5-11H2,1-4H3. The molecule has 1 aliphatic carbocycles. The van der Waals surface area contributed by atoms with E-state index in [2.05, 4.69) is 13.8 Å². The maximum absolute atomic E-state index is 5.52. The molecule has 0 N–H and O–H groups in total. The van der Waals surface area contributed by atoms with Gasteiger partial charge in [-0.1, -0.05) is 33.1 Å². The van der Waals surface area contributed by atoms with E-state index >= 15 is 0 Å². The molecule has 0 bridgehead atoms. The number of rotatable bonds is 7. The smallest absolute Gasteiger partial charge is 0.0545 e. The van der Waals surface area contributed by atoms with Gasteiger partial charge in [0.05, 0.1) is 13.2 Å². The molecule has 1 unspecified atom stereocenters. The van der Waals surface area contributed by atoms with Crippen molar-refractivity contribution in [3.63, 3.8) is 0 Å². The van der Waals surface area contributed by atoms with Crippen molar-refractivity contribution in [2.24, 2.45) is 17.3 Å². The molecule has 0 aromatic heterocycles. The minimum absolute atomic E-state index is 0.245. The van der Waals surface area contributed by atoms with Gasteiger partial charge in [0.2, 0.25) is 0 Å². The van der Waals surface area contributed by atoms with Crippen LogP contribution in [0.2, 0.25) is 0 Å². The van der Waals surface area contributed by atoms with Crippen LogP contribution >= 0.6 is 0 Å². The highest BCUT2D eigenvalue weighted by Crippen LogP contribution is 2.46. The van der Waals surface area contributed by atoms with Crippen LogP contribution < -0.4 is 0 Å². The van der Waals surface area contributed by atoms with E-state index in [0.29, 0.717) is 5.92 Å². The number of ether oxygens (including phenoxy) is 2. The maximum atomic E-state index is 5.52. The van der Waals surface area contributed by atoms with Crippen LogP contribution in [0, 0.1) is 17.3 Å². The largest absolute Gasteiger partial charge is 0.384 e. The molecule has 96 valence electrons. The minimum Gasteiger partial charge on any atom is -0.384 e. The Morgan fingerprint density at radius 2 is 1.62 bits per heavy atom. The third-order valence-electron chi connectivity index (χ3n) is 4.59. The molecular weight excluding hydrogens is 200 g/mol. The fourth-order valence-electron chi connectivity index (χ4n) is 3.41. The van der Waals surface area contributed by atoms with Crippen LogP contribution in [0.4, 0.5) is 0 Å². The molecule has 0 saturated heterocycles. The summed E-state index contributed by atoms with van der Waals surface area (Å²) in [5.74, 6) is 1.47. The van der Waals surface area contributed by atoms with Crippen LogP contribution in [0.3, 0.4) is 0 Å². The van der Waals surface area contributed by atoms with Crippen LogP contribution in [0.1, 0.15) is 46.0 Å². The van der Waals surface area contributed by atoms with E-state index in [9.17, 15) is 0 Å². The van der Waals surface area contributed by atoms with Crippen LogP contribution in [0.15, 0.2) is 0 Å². The average Bonchev–Trinajstić information content (AvgIpc) is 2.81. The van der Waals surface area contributed by atoms with Crippen molar-refractivity contribution in [1.29, 1.82) is 0 Å². The molecule has 0 aromatic carbocycles. The molecule has 16 heavy (non-hydrogen) atoms.